The number of unbranched alkanes of at least 4 members (excludes halogenated alkanes) is 5. The van der Waals surface area contributed by atoms with Crippen molar-refractivity contribution in [1.82, 2.24) is 16.0 Å². The van der Waals surface area contributed by atoms with Crippen molar-refractivity contribution in [3.05, 3.63) is 48.6 Å². The predicted molar refractivity (Wildman–Crippen MR) is 123 cm³/mol. The zero-order valence-electron chi connectivity index (χ0n) is 18.5. The van der Waals surface area contributed by atoms with Crippen LogP contribution in [0.4, 0.5) is 0 Å². The van der Waals surface area contributed by atoms with Gasteiger partial charge < -0.3 is 16.0 Å². The van der Waals surface area contributed by atoms with Gasteiger partial charge >= 0.3 is 0 Å². The molecule has 2 rings (SSSR count). The second-order valence-corrected chi connectivity index (χ2v) is 8.25. The molecule has 170 valence electrons. The lowest BCUT2D eigenvalue weighted by molar-refractivity contribution is -0.132. The van der Waals surface area contributed by atoms with E-state index in [1.807, 2.05) is 36.4 Å². The maximum Gasteiger partial charge on any atom is 0.243 e. The van der Waals surface area contributed by atoms with Gasteiger partial charge in [-0.1, -0.05) is 55.7 Å². The van der Waals surface area contributed by atoms with E-state index in [4.69, 9.17) is 0 Å². The molecule has 1 aromatic carbocycles. The minimum Gasteiger partial charge on any atom is -0.354 e. The maximum atomic E-state index is 13.0. The quantitative estimate of drug-likeness (QED) is 0.333. The van der Waals surface area contributed by atoms with Crippen molar-refractivity contribution in [2.24, 2.45) is 0 Å². The standard InChI is InChI=1S/C25H37N3O3/c1-2-3-4-5-6-7-11-17-23(29)27-22(19-20-14-9-8-10-15-20)25(31)28-21-16-12-13-18-26-24(21)30/h2,8-10,14-15,21-22H,1,3-7,11-13,16-19H2,(H,26,30)(H,27,29)(H,28,31)/t21-,22-/m0/s1. The highest BCUT2D eigenvalue weighted by atomic mass is 16.2. The zero-order chi connectivity index (χ0) is 22.3. The molecule has 1 aliphatic rings. The highest BCUT2D eigenvalue weighted by Crippen LogP contribution is 2.10. The molecule has 0 aromatic heterocycles. The Labute approximate surface area is 186 Å². The van der Waals surface area contributed by atoms with E-state index in [-0.39, 0.29) is 17.7 Å². The van der Waals surface area contributed by atoms with Crippen LogP contribution in [0.15, 0.2) is 43.0 Å². The molecule has 2 atom stereocenters. The van der Waals surface area contributed by atoms with Crippen LogP contribution < -0.4 is 16.0 Å². The van der Waals surface area contributed by atoms with Crippen molar-refractivity contribution in [3.8, 4) is 0 Å². The summed E-state index contributed by atoms with van der Waals surface area (Å²) in [6.07, 6.45) is 11.4. The van der Waals surface area contributed by atoms with Gasteiger partial charge in [-0.2, -0.15) is 0 Å². The fourth-order valence-electron chi connectivity index (χ4n) is 3.78. The van der Waals surface area contributed by atoms with Crippen molar-refractivity contribution < 1.29 is 14.4 Å². The Morgan fingerprint density at radius 2 is 1.84 bits per heavy atom. The molecular formula is C25H37N3O3. The summed E-state index contributed by atoms with van der Waals surface area (Å²) in [5.41, 5.74) is 0.968. The highest BCUT2D eigenvalue weighted by Gasteiger charge is 2.27. The summed E-state index contributed by atoms with van der Waals surface area (Å²) in [5.74, 6) is -0.566. The Bertz CT molecular complexity index is 705. The van der Waals surface area contributed by atoms with Gasteiger partial charge in [0, 0.05) is 19.4 Å². The number of hydrogen-bond donors (Lipinski definition) is 3. The molecule has 1 heterocycles. The Balaban J connectivity index is 1.88. The van der Waals surface area contributed by atoms with Crippen molar-refractivity contribution in [2.75, 3.05) is 6.54 Å². The van der Waals surface area contributed by atoms with Crippen LogP contribution in [0.2, 0.25) is 0 Å². The Hall–Kier alpha value is -2.63. The highest BCUT2D eigenvalue weighted by molar-refractivity contribution is 5.92. The molecule has 0 spiro atoms. The second kappa shape index (κ2) is 14.4. The molecule has 0 bridgehead atoms. The maximum absolute atomic E-state index is 13.0. The molecular weight excluding hydrogens is 390 g/mol. The van der Waals surface area contributed by atoms with Gasteiger partial charge in [-0.15, -0.1) is 6.58 Å². The van der Waals surface area contributed by atoms with E-state index in [0.29, 0.717) is 25.8 Å². The number of nitrogens with one attached hydrogen (secondary N) is 3. The monoisotopic (exact) mass is 427 g/mol. The van der Waals surface area contributed by atoms with Crippen LogP contribution in [0.25, 0.3) is 0 Å². The van der Waals surface area contributed by atoms with E-state index in [1.54, 1.807) is 0 Å². The molecule has 3 amide bonds. The van der Waals surface area contributed by atoms with E-state index in [0.717, 1.165) is 56.9 Å². The van der Waals surface area contributed by atoms with Crippen LogP contribution in [-0.4, -0.2) is 36.3 Å². The fraction of sp³-hybridized carbons (Fsp3) is 0.560. The number of amides is 3. The lowest BCUT2D eigenvalue weighted by Gasteiger charge is -2.22. The van der Waals surface area contributed by atoms with Gasteiger partial charge in [-0.3, -0.25) is 14.4 Å². The molecule has 0 saturated carbocycles. The molecule has 0 radical (unpaired) electrons. The van der Waals surface area contributed by atoms with Gasteiger partial charge in [-0.05, 0) is 44.1 Å². The molecule has 0 aliphatic carbocycles. The summed E-state index contributed by atoms with van der Waals surface area (Å²) >= 11 is 0. The third kappa shape index (κ3) is 9.81. The number of carbonyl (C=O) groups is 3. The van der Waals surface area contributed by atoms with Crippen LogP contribution in [0, 0.1) is 0 Å². The molecule has 3 N–H and O–H groups in total. The number of rotatable bonds is 13. The molecule has 1 fully saturated rings. The topological polar surface area (TPSA) is 87.3 Å². The van der Waals surface area contributed by atoms with Crippen LogP contribution in [0.5, 0.6) is 0 Å². The van der Waals surface area contributed by atoms with Crippen molar-refractivity contribution in [1.29, 1.82) is 0 Å². The Morgan fingerprint density at radius 3 is 2.61 bits per heavy atom. The molecule has 1 aromatic rings. The minimum atomic E-state index is -0.696. The first kappa shape index (κ1) is 24.6. The lowest BCUT2D eigenvalue weighted by atomic mass is 10.0. The summed E-state index contributed by atoms with van der Waals surface area (Å²) in [6, 6.07) is 8.39. The van der Waals surface area contributed by atoms with E-state index < -0.39 is 12.1 Å². The largest absolute Gasteiger partial charge is 0.354 e. The van der Waals surface area contributed by atoms with E-state index in [1.165, 1.54) is 0 Å². The SMILES string of the molecule is C=CCCCCCCCC(=O)N[C@@H](Cc1ccccc1)C(=O)N[C@H]1CCCCNC1=O. The van der Waals surface area contributed by atoms with Crippen molar-refractivity contribution >= 4 is 17.7 Å². The summed E-state index contributed by atoms with van der Waals surface area (Å²) in [7, 11) is 0. The van der Waals surface area contributed by atoms with Crippen LogP contribution in [0.1, 0.15) is 69.8 Å². The van der Waals surface area contributed by atoms with Gasteiger partial charge in [0.2, 0.25) is 17.7 Å². The minimum absolute atomic E-state index is 0.118. The van der Waals surface area contributed by atoms with Crippen LogP contribution in [-0.2, 0) is 20.8 Å². The lowest BCUT2D eigenvalue weighted by Crippen LogP contribution is -2.53. The Kier molecular flexibility index (Phi) is 11.4. The average Bonchev–Trinajstić information content (AvgIpc) is 2.97. The summed E-state index contributed by atoms with van der Waals surface area (Å²) in [6.45, 7) is 4.37. The third-order valence-corrected chi connectivity index (χ3v) is 5.60. The van der Waals surface area contributed by atoms with Gasteiger partial charge in [-0.25, -0.2) is 0 Å². The summed E-state index contributed by atoms with van der Waals surface area (Å²) < 4.78 is 0. The number of hydrogen-bond acceptors (Lipinski definition) is 3. The molecule has 1 saturated heterocycles. The van der Waals surface area contributed by atoms with Crippen molar-refractivity contribution in [2.45, 2.75) is 82.7 Å². The fourth-order valence-corrected chi connectivity index (χ4v) is 3.78. The molecule has 31 heavy (non-hydrogen) atoms. The average molecular weight is 428 g/mol. The summed E-state index contributed by atoms with van der Waals surface area (Å²) in [5, 5.41) is 8.59. The summed E-state index contributed by atoms with van der Waals surface area (Å²) in [4.78, 5) is 37.7. The van der Waals surface area contributed by atoms with Crippen molar-refractivity contribution in [3.63, 3.8) is 0 Å². The van der Waals surface area contributed by atoms with Gasteiger partial charge in [0.05, 0.1) is 0 Å². The van der Waals surface area contributed by atoms with Gasteiger partial charge in [0.1, 0.15) is 12.1 Å². The van der Waals surface area contributed by atoms with Crippen LogP contribution in [0.3, 0.4) is 0 Å². The zero-order valence-corrected chi connectivity index (χ0v) is 18.5. The predicted octanol–water partition coefficient (Wildman–Crippen LogP) is 3.42. The smallest absolute Gasteiger partial charge is 0.243 e. The first-order chi connectivity index (χ1) is 15.1. The number of carbonyl (C=O) groups excluding carboxylic acids is 3. The Morgan fingerprint density at radius 1 is 1.10 bits per heavy atom. The first-order valence-electron chi connectivity index (χ1n) is 11.6. The normalized spacial score (nSPS) is 17.2. The number of allylic oxidation sites excluding steroid dienone is 1. The van der Waals surface area contributed by atoms with E-state index in [2.05, 4.69) is 22.5 Å². The molecule has 6 nitrogen and oxygen atoms in total. The van der Waals surface area contributed by atoms with E-state index in [9.17, 15) is 14.4 Å². The number of benzene rings is 1. The third-order valence-electron chi connectivity index (χ3n) is 5.60. The second-order valence-electron chi connectivity index (χ2n) is 8.25. The molecule has 0 unspecified atom stereocenters. The first-order valence-corrected chi connectivity index (χ1v) is 11.6. The molecule has 1 aliphatic heterocycles. The van der Waals surface area contributed by atoms with E-state index >= 15 is 0 Å². The van der Waals surface area contributed by atoms with Crippen LogP contribution >= 0.6 is 0 Å². The molecule has 6 heteroatoms. The van der Waals surface area contributed by atoms with Gasteiger partial charge in [0.25, 0.3) is 0 Å². The van der Waals surface area contributed by atoms with Gasteiger partial charge in [0.15, 0.2) is 0 Å².